The molecule has 2 aromatic rings. The highest BCUT2D eigenvalue weighted by molar-refractivity contribution is 5.98. The van der Waals surface area contributed by atoms with Crippen LogP contribution in [0.25, 0.3) is 0 Å². The summed E-state index contributed by atoms with van der Waals surface area (Å²) in [7, 11) is 1.57. The topological polar surface area (TPSA) is 84.5 Å². The van der Waals surface area contributed by atoms with Crippen molar-refractivity contribution in [1.82, 2.24) is 0 Å². The molecule has 2 aromatic carbocycles. The number of benzene rings is 2. The lowest BCUT2D eigenvalue weighted by molar-refractivity contribution is -0.125. The van der Waals surface area contributed by atoms with Gasteiger partial charge in [-0.1, -0.05) is 24.3 Å². The van der Waals surface area contributed by atoms with E-state index in [2.05, 4.69) is 10.6 Å². The summed E-state index contributed by atoms with van der Waals surface area (Å²) in [5.41, 5.74) is 1.85. The van der Waals surface area contributed by atoms with Gasteiger partial charge in [-0.05, 0) is 56.9 Å². The van der Waals surface area contributed by atoms with E-state index in [0.29, 0.717) is 48.4 Å². The highest BCUT2D eigenvalue weighted by Gasteiger charge is 2.30. The fourth-order valence-corrected chi connectivity index (χ4v) is 3.66. The molecular weight excluding hydrogens is 368 g/mol. The van der Waals surface area contributed by atoms with Crippen molar-refractivity contribution < 1.29 is 19.1 Å². The number of rotatable bonds is 6. The zero-order chi connectivity index (χ0) is 20.8. The largest absolute Gasteiger partial charge is 0.495 e. The van der Waals surface area contributed by atoms with E-state index in [9.17, 15) is 14.4 Å². The second kappa shape index (κ2) is 9.37. The highest BCUT2D eigenvalue weighted by Crippen LogP contribution is 2.32. The van der Waals surface area contributed by atoms with Crippen molar-refractivity contribution in [2.45, 2.75) is 32.6 Å². The number of anilines is 2. The van der Waals surface area contributed by atoms with E-state index in [-0.39, 0.29) is 29.4 Å². The van der Waals surface area contributed by atoms with Gasteiger partial charge in [-0.25, -0.2) is 0 Å². The van der Waals surface area contributed by atoms with Crippen molar-refractivity contribution in [3.63, 3.8) is 0 Å². The number of methoxy groups -OCH3 is 1. The maximum Gasteiger partial charge on any atom is 0.227 e. The number of hydrogen-bond acceptors (Lipinski definition) is 4. The van der Waals surface area contributed by atoms with Crippen LogP contribution in [0.2, 0.25) is 0 Å². The minimum Gasteiger partial charge on any atom is -0.495 e. The molecule has 0 atom stereocenters. The number of nitrogens with one attached hydrogen (secondary N) is 2. The van der Waals surface area contributed by atoms with Crippen LogP contribution in [0.3, 0.4) is 0 Å². The minimum absolute atomic E-state index is 0.0392. The van der Waals surface area contributed by atoms with E-state index in [1.54, 1.807) is 37.4 Å². The molecule has 3 rings (SSSR count). The quantitative estimate of drug-likeness (QED) is 0.716. The summed E-state index contributed by atoms with van der Waals surface area (Å²) in [6, 6.07) is 14.3. The van der Waals surface area contributed by atoms with Gasteiger partial charge in [-0.3, -0.25) is 14.4 Å². The first kappa shape index (κ1) is 20.6. The van der Waals surface area contributed by atoms with Crippen LogP contribution in [0.4, 0.5) is 11.4 Å². The minimum atomic E-state index is -0.133. The summed E-state index contributed by atoms with van der Waals surface area (Å²) in [5.74, 6) is 0.234. The Morgan fingerprint density at radius 1 is 0.862 bits per heavy atom. The number of ketones is 1. The summed E-state index contributed by atoms with van der Waals surface area (Å²) in [6.07, 6.45) is 2.63. The van der Waals surface area contributed by atoms with Crippen molar-refractivity contribution in [1.29, 1.82) is 0 Å². The van der Waals surface area contributed by atoms with Gasteiger partial charge in [0.25, 0.3) is 0 Å². The molecule has 0 unspecified atom stereocenters. The third-order valence-electron chi connectivity index (χ3n) is 5.37. The Labute approximate surface area is 170 Å². The number of Topliss-reactive ketones (excluding diaryl/α,β-unsaturated/α-hetero) is 1. The zero-order valence-electron chi connectivity index (χ0n) is 16.7. The molecule has 29 heavy (non-hydrogen) atoms. The van der Waals surface area contributed by atoms with Crippen LogP contribution in [0.15, 0.2) is 48.5 Å². The number of hydrogen-bond donors (Lipinski definition) is 2. The van der Waals surface area contributed by atoms with Crippen LogP contribution in [0.1, 0.15) is 43.0 Å². The average Bonchev–Trinajstić information content (AvgIpc) is 2.74. The number of carbonyl (C=O) groups is 3. The smallest absolute Gasteiger partial charge is 0.227 e. The number of ether oxygens (including phenoxy) is 1. The standard InChI is InChI=1S/C23H26N2O4/c1-15(26)18-6-5-7-19(14-18)24-22(27)16-10-12-17(13-11-16)23(28)25-20-8-3-4-9-21(20)29-2/h3-9,14,16-17H,10-13H2,1-2H3,(H,24,27)(H,25,28). The fraction of sp³-hybridized carbons (Fsp3) is 0.348. The molecule has 2 amide bonds. The van der Waals surface area contributed by atoms with Gasteiger partial charge in [-0.15, -0.1) is 0 Å². The SMILES string of the molecule is COc1ccccc1NC(=O)C1CCC(C(=O)Nc2cccc(C(C)=O)c2)CC1. The van der Waals surface area contributed by atoms with Gasteiger partial charge in [0.15, 0.2) is 5.78 Å². The van der Waals surface area contributed by atoms with Gasteiger partial charge < -0.3 is 15.4 Å². The summed E-state index contributed by atoms with van der Waals surface area (Å²) < 4.78 is 5.27. The molecule has 1 fully saturated rings. The number of para-hydroxylation sites is 2. The van der Waals surface area contributed by atoms with Crippen LogP contribution < -0.4 is 15.4 Å². The molecule has 0 aliphatic heterocycles. The molecule has 2 N–H and O–H groups in total. The molecule has 6 nitrogen and oxygen atoms in total. The predicted octanol–water partition coefficient (Wildman–Crippen LogP) is 4.28. The Kier molecular flexibility index (Phi) is 6.65. The monoisotopic (exact) mass is 394 g/mol. The van der Waals surface area contributed by atoms with Crippen LogP contribution in [0, 0.1) is 11.8 Å². The Hall–Kier alpha value is -3.15. The molecular formula is C23H26N2O4. The molecule has 1 aliphatic carbocycles. The maximum atomic E-state index is 12.6. The van der Waals surface area contributed by atoms with Gasteiger partial charge in [0.2, 0.25) is 11.8 Å². The van der Waals surface area contributed by atoms with Gasteiger partial charge in [0.05, 0.1) is 12.8 Å². The molecule has 0 bridgehead atoms. The van der Waals surface area contributed by atoms with Gasteiger partial charge >= 0.3 is 0 Å². The Balaban J connectivity index is 1.53. The molecule has 0 spiro atoms. The average molecular weight is 394 g/mol. The maximum absolute atomic E-state index is 12.6. The fourth-order valence-electron chi connectivity index (χ4n) is 3.66. The van der Waals surface area contributed by atoms with Crippen LogP contribution in [0.5, 0.6) is 5.75 Å². The summed E-state index contributed by atoms with van der Waals surface area (Å²) in [6.45, 7) is 1.50. The number of amides is 2. The Morgan fingerprint density at radius 2 is 1.48 bits per heavy atom. The summed E-state index contributed by atoms with van der Waals surface area (Å²) in [4.78, 5) is 36.7. The van der Waals surface area contributed by atoms with E-state index in [1.807, 2.05) is 18.2 Å². The molecule has 152 valence electrons. The molecule has 6 heteroatoms. The lowest BCUT2D eigenvalue weighted by atomic mass is 9.81. The predicted molar refractivity (Wildman–Crippen MR) is 112 cm³/mol. The van der Waals surface area contributed by atoms with Crippen molar-refractivity contribution in [3.05, 3.63) is 54.1 Å². The van der Waals surface area contributed by atoms with Crippen molar-refractivity contribution in [2.75, 3.05) is 17.7 Å². The van der Waals surface area contributed by atoms with Crippen LogP contribution in [-0.4, -0.2) is 24.7 Å². The molecule has 1 saturated carbocycles. The lowest BCUT2D eigenvalue weighted by Gasteiger charge is -2.27. The summed E-state index contributed by atoms with van der Waals surface area (Å²) in [5, 5.41) is 5.83. The first-order chi connectivity index (χ1) is 14.0. The Bertz CT molecular complexity index is 901. The number of carbonyl (C=O) groups excluding carboxylic acids is 3. The van der Waals surface area contributed by atoms with E-state index in [0.717, 1.165) is 0 Å². The van der Waals surface area contributed by atoms with Gasteiger partial charge in [0, 0.05) is 23.1 Å². The molecule has 0 heterocycles. The van der Waals surface area contributed by atoms with E-state index < -0.39 is 0 Å². The van der Waals surface area contributed by atoms with E-state index in [4.69, 9.17) is 4.74 Å². The van der Waals surface area contributed by atoms with Gasteiger partial charge in [-0.2, -0.15) is 0 Å². The normalized spacial score (nSPS) is 18.6. The first-order valence-corrected chi connectivity index (χ1v) is 9.83. The third kappa shape index (κ3) is 5.22. The third-order valence-corrected chi connectivity index (χ3v) is 5.37. The van der Waals surface area contributed by atoms with Crippen molar-refractivity contribution in [3.8, 4) is 5.75 Å². The van der Waals surface area contributed by atoms with E-state index >= 15 is 0 Å². The van der Waals surface area contributed by atoms with Crippen molar-refractivity contribution in [2.24, 2.45) is 11.8 Å². The second-order valence-corrected chi connectivity index (χ2v) is 7.36. The summed E-state index contributed by atoms with van der Waals surface area (Å²) >= 11 is 0. The lowest BCUT2D eigenvalue weighted by Crippen LogP contribution is -2.32. The Morgan fingerprint density at radius 3 is 2.10 bits per heavy atom. The molecule has 1 aliphatic rings. The highest BCUT2D eigenvalue weighted by atomic mass is 16.5. The second-order valence-electron chi connectivity index (χ2n) is 7.36. The van der Waals surface area contributed by atoms with E-state index in [1.165, 1.54) is 6.92 Å². The van der Waals surface area contributed by atoms with Gasteiger partial charge in [0.1, 0.15) is 5.75 Å². The first-order valence-electron chi connectivity index (χ1n) is 9.83. The molecule has 0 radical (unpaired) electrons. The zero-order valence-corrected chi connectivity index (χ0v) is 16.7. The van der Waals surface area contributed by atoms with Crippen molar-refractivity contribution >= 4 is 29.0 Å². The van der Waals surface area contributed by atoms with Crippen LogP contribution in [-0.2, 0) is 9.59 Å². The molecule has 0 saturated heterocycles. The molecule has 0 aromatic heterocycles. The van der Waals surface area contributed by atoms with Crippen LogP contribution >= 0.6 is 0 Å².